The van der Waals surface area contributed by atoms with Gasteiger partial charge < -0.3 is 9.47 Å². The van der Waals surface area contributed by atoms with E-state index < -0.39 is 0 Å². The van der Waals surface area contributed by atoms with Crippen molar-refractivity contribution in [3.8, 4) is 11.5 Å². The van der Waals surface area contributed by atoms with E-state index >= 15 is 0 Å². The fraction of sp³-hybridized carbons (Fsp3) is 0.250. The molecule has 0 radical (unpaired) electrons. The van der Waals surface area contributed by atoms with Gasteiger partial charge in [-0.1, -0.05) is 31.7 Å². The Morgan fingerprint density at radius 1 is 1.00 bits per heavy atom. The van der Waals surface area contributed by atoms with Crippen LogP contribution < -0.4 is 9.47 Å². The lowest BCUT2D eigenvalue weighted by Gasteiger charge is -2.07. The standard InChI is InChI=1S/C20H22O3/c1-3-13-22-18-9-5-16(6-10-18)15-20(21)17-7-11-19(12-8-17)23-14-4-2/h4-12H,2-3,13-15H2,1H3. The lowest BCUT2D eigenvalue weighted by molar-refractivity contribution is 0.0993. The number of rotatable bonds is 9. The average Bonchev–Trinajstić information content (AvgIpc) is 2.59. The summed E-state index contributed by atoms with van der Waals surface area (Å²) in [6, 6.07) is 14.9. The summed E-state index contributed by atoms with van der Waals surface area (Å²) in [4.78, 5) is 12.3. The molecule has 2 aromatic rings. The smallest absolute Gasteiger partial charge is 0.167 e. The van der Waals surface area contributed by atoms with Crippen molar-refractivity contribution >= 4 is 5.78 Å². The molecule has 0 saturated heterocycles. The van der Waals surface area contributed by atoms with Crippen molar-refractivity contribution in [1.29, 1.82) is 0 Å². The van der Waals surface area contributed by atoms with Gasteiger partial charge in [-0.05, 0) is 48.4 Å². The predicted molar refractivity (Wildman–Crippen MR) is 92.4 cm³/mol. The molecule has 0 unspecified atom stereocenters. The lowest BCUT2D eigenvalue weighted by Crippen LogP contribution is -2.04. The molecular formula is C20H22O3. The zero-order chi connectivity index (χ0) is 16.5. The van der Waals surface area contributed by atoms with E-state index in [-0.39, 0.29) is 5.78 Å². The van der Waals surface area contributed by atoms with Gasteiger partial charge in [0.2, 0.25) is 0 Å². The van der Waals surface area contributed by atoms with E-state index in [4.69, 9.17) is 9.47 Å². The number of Topliss-reactive ketones (excluding diaryl/α,β-unsaturated/α-hetero) is 1. The second kappa shape index (κ2) is 8.79. The predicted octanol–water partition coefficient (Wildman–Crippen LogP) is 4.47. The van der Waals surface area contributed by atoms with Crippen molar-refractivity contribution < 1.29 is 14.3 Å². The summed E-state index contributed by atoms with van der Waals surface area (Å²) < 4.78 is 10.9. The van der Waals surface area contributed by atoms with Gasteiger partial charge in [-0.3, -0.25) is 4.79 Å². The van der Waals surface area contributed by atoms with Crippen molar-refractivity contribution in [2.75, 3.05) is 13.2 Å². The summed E-state index contributed by atoms with van der Waals surface area (Å²) in [5.41, 5.74) is 1.66. The number of ether oxygens (including phenoxy) is 2. The summed E-state index contributed by atoms with van der Waals surface area (Å²) >= 11 is 0. The number of hydrogen-bond acceptors (Lipinski definition) is 3. The summed E-state index contributed by atoms with van der Waals surface area (Å²) in [7, 11) is 0. The van der Waals surface area contributed by atoms with E-state index in [0.717, 1.165) is 23.5 Å². The first-order valence-electron chi connectivity index (χ1n) is 7.81. The third-order valence-corrected chi connectivity index (χ3v) is 3.31. The fourth-order valence-corrected chi connectivity index (χ4v) is 2.10. The maximum atomic E-state index is 12.3. The van der Waals surface area contributed by atoms with Crippen molar-refractivity contribution in [3.05, 3.63) is 72.3 Å². The zero-order valence-electron chi connectivity index (χ0n) is 13.5. The van der Waals surface area contributed by atoms with Gasteiger partial charge in [-0.15, -0.1) is 0 Å². The highest BCUT2D eigenvalue weighted by molar-refractivity contribution is 5.97. The first-order valence-corrected chi connectivity index (χ1v) is 7.81. The van der Waals surface area contributed by atoms with Crippen molar-refractivity contribution in [2.45, 2.75) is 19.8 Å². The van der Waals surface area contributed by atoms with Crippen LogP contribution in [-0.4, -0.2) is 19.0 Å². The zero-order valence-corrected chi connectivity index (χ0v) is 13.5. The normalized spacial score (nSPS) is 10.1. The highest BCUT2D eigenvalue weighted by Crippen LogP contribution is 2.16. The van der Waals surface area contributed by atoms with Crippen molar-refractivity contribution in [3.63, 3.8) is 0 Å². The second-order valence-electron chi connectivity index (χ2n) is 5.22. The number of hydrogen-bond donors (Lipinski definition) is 0. The maximum Gasteiger partial charge on any atom is 0.167 e. The van der Waals surface area contributed by atoms with E-state index in [0.29, 0.717) is 25.2 Å². The van der Waals surface area contributed by atoms with Gasteiger partial charge in [0.1, 0.15) is 18.1 Å². The number of ketones is 1. The van der Waals surface area contributed by atoms with Gasteiger partial charge in [0.05, 0.1) is 6.61 Å². The molecule has 0 aliphatic carbocycles. The minimum Gasteiger partial charge on any atom is -0.494 e. The Morgan fingerprint density at radius 3 is 2.22 bits per heavy atom. The molecule has 0 bridgehead atoms. The van der Waals surface area contributed by atoms with Gasteiger partial charge >= 0.3 is 0 Å². The van der Waals surface area contributed by atoms with E-state index in [2.05, 4.69) is 13.5 Å². The number of benzene rings is 2. The van der Waals surface area contributed by atoms with Crippen LogP contribution in [0.2, 0.25) is 0 Å². The summed E-state index contributed by atoms with van der Waals surface area (Å²) in [5, 5.41) is 0. The molecule has 23 heavy (non-hydrogen) atoms. The van der Waals surface area contributed by atoms with Gasteiger partial charge in [0.25, 0.3) is 0 Å². The molecule has 0 aromatic heterocycles. The SMILES string of the molecule is C=CCOc1ccc(C(=O)Cc2ccc(OCCC)cc2)cc1. The van der Waals surface area contributed by atoms with Crippen LogP contribution in [0.1, 0.15) is 29.3 Å². The quantitative estimate of drug-likeness (QED) is 0.506. The maximum absolute atomic E-state index is 12.3. The van der Waals surface area contributed by atoms with E-state index in [1.54, 1.807) is 30.3 Å². The number of carbonyl (C=O) groups excluding carboxylic acids is 1. The summed E-state index contributed by atoms with van der Waals surface area (Å²) in [6.45, 7) is 6.84. The Kier molecular flexibility index (Phi) is 6.42. The highest BCUT2D eigenvalue weighted by atomic mass is 16.5. The van der Waals surface area contributed by atoms with E-state index in [1.165, 1.54) is 0 Å². The first-order chi connectivity index (χ1) is 11.2. The van der Waals surface area contributed by atoms with Crippen LogP contribution >= 0.6 is 0 Å². The molecule has 0 heterocycles. The van der Waals surface area contributed by atoms with E-state index in [1.807, 2.05) is 24.3 Å². The van der Waals surface area contributed by atoms with Crippen LogP contribution in [0, 0.1) is 0 Å². The molecule has 120 valence electrons. The number of carbonyl (C=O) groups is 1. The third-order valence-electron chi connectivity index (χ3n) is 3.31. The van der Waals surface area contributed by atoms with Crippen LogP contribution in [0.25, 0.3) is 0 Å². The molecule has 0 amide bonds. The second-order valence-corrected chi connectivity index (χ2v) is 5.22. The molecule has 0 aliphatic rings. The Bertz CT molecular complexity index is 627. The van der Waals surface area contributed by atoms with E-state index in [9.17, 15) is 4.79 Å². The van der Waals surface area contributed by atoms with Crippen LogP contribution in [-0.2, 0) is 6.42 Å². The molecular weight excluding hydrogens is 288 g/mol. The molecule has 0 N–H and O–H groups in total. The van der Waals surface area contributed by atoms with Gasteiger partial charge in [-0.25, -0.2) is 0 Å². The summed E-state index contributed by atoms with van der Waals surface area (Å²) in [5.74, 6) is 1.66. The average molecular weight is 310 g/mol. The van der Waals surface area contributed by atoms with Gasteiger partial charge in [-0.2, -0.15) is 0 Å². The molecule has 3 nitrogen and oxygen atoms in total. The van der Waals surface area contributed by atoms with Crippen molar-refractivity contribution in [1.82, 2.24) is 0 Å². The minimum absolute atomic E-state index is 0.0856. The highest BCUT2D eigenvalue weighted by Gasteiger charge is 2.07. The molecule has 0 atom stereocenters. The Labute approximate surface area is 137 Å². The first kappa shape index (κ1) is 16.8. The Balaban J connectivity index is 1.94. The molecule has 0 spiro atoms. The summed E-state index contributed by atoms with van der Waals surface area (Å²) in [6.07, 6.45) is 3.04. The fourth-order valence-electron chi connectivity index (χ4n) is 2.10. The van der Waals surface area contributed by atoms with Crippen LogP contribution in [0.5, 0.6) is 11.5 Å². The lowest BCUT2D eigenvalue weighted by atomic mass is 10.0. The van der Waals surface area contributed by atoms with Crippen LogP contribution in [0.3, 0.4) is 0 Å². The Hall–Kier alpha value is -2.55. The largest absolute Gasteiger partial charge is 0.494 e. The molecule has 2 aromatic carbocycles. The molecule has 3 heteroatoms. The molecule has 0 fully saturated rings. The molecule has 0 aliphatic heterocycles. The minimum atomic E-state index is 0.0856. The van der Waals surface area contributed by atoms with Gasteiger partial charge in [0.15, 0.2) is 5.78 Å². The van der Waals surface area contributed by atoms with Gasteiger partial charge in [0, 0.05) is 12.0 Å². The topological polar surface area (TPSA) is 35.5 Å². The Morgan fingerprint density at radius 2 is 1.61 bits per heavy atom. The third kappa shape index (κ3) is 5.29. The van der Waals surface area contributed by atoms with Crippen molar-refractivity contribution in [2.24, 2.45) is 0 Å². The molecule has 0 saturated carbocycles. The molecule has 2 rings (SSSR count). The van der Waals surface area contributed by atoms with Crippen LogP contribution in [0.15, 0.2) is 61.2 Å². The monoisotopic (exact) mass is 310 g/mol. The van der Waals surface area contributed by atoms with Crippen LogP contribution in [0.4, 0.5) is 0 Å².